The number of carbonyl (C=O) groups is 1. The molecule has 2 rings (SSSR count). The van der Waals surface area contributed by atoms with Crippen LogP contribution in [0.4, 0.5) is 11.5 Å². The van der Waals surface area contributed by atoms with Crippen LogP contribution in [0.15, 0.2) is 47.7 Å². The van der Waals surface area contributed by atoms with Crippen LogP contribution in [-0.2, 0) is 0 Å². The van der Waals surface area contributed by atoms with Gasteiger partial charge in [-0.05, 0) is 53.8 Å². The Morgan fingerprint density at radius 3 is 2.68 bits per heavy atom. The van der Waals surface area contributed by atoms with Gasteiger partial charge in [-0.15, -0.1) is 0 Å². The third kappa shape index (κ3) is 4.93. The number of pyridine rings is 1. The monoisotopic (exact) mass is 532 g/mol. The summed E-state index contributed by atoms with van der Waals surface area (Å²) in [5.41, 5.74) is 0.0818. The zero-order valence-electron chi connectivity index (χ0n) is 15.1. The second kappa shape index (κ2) is 9.55. The average Bonchev–Trinajstić information content (AvgIpc) is 2.67. The van der Waals surface area contributed by atoms with E-state index in [-0.39, 0.29) is 38.7 Å². The minimum atomic E-state index is -0.777. The maximum atomic E-state index is 12.7. The zero-order valence-corrected chi connectivity index (χ0v) is 18.8. The van der Waals surface area contributed by atoms with E-state index in [0.29, 0.717) is 6.54 Å². The molecule has 2 aromatic rings. The molecule has 0 aliphatic heterocycles. The number of nitrogens with zero attached hydrogens (tertiary/aromatic N) is 4. The fourth-order valence-electron chi connectivity index (χ4n) is 2.14. The number of hydrogen-bond donors (Lipinski definition) is 1. The van der Waals surface area contributed by atoms with Gasteiger partial charge in [-0.3, -0.25) is 14.8 Å². The highest BCUT2D eigenvalue weighted by Crippen LogP contribution is 2.33. The summed E-state index contributed by atoms with van der Waals surface area (Å²) < 4.78 is 0.737. The fourth-order valence-corrected chi connectivity index (χ4v) is 3.42. The van der Waals surface area contributed by atoms with Gasteiger partial charge >= 0.3 is 0 Å². The third-order valence-electron chi connectivity index (χ3n) is 3.80. The van der Waals surface area contributed by atoms with Crippen molar-refractivity contribution in [3.63, 3.8) is 0 Å². The Bertz CT molecular complexity index is 952. The van der Waals surface area contributed by atoms with Crippen molar-refractivity contribution in [2.75, 3.05) is 18.6 Å². The standard InChI is InChI=1S/C18H18Cl2IN5O2/c1-4-25(3)18(28)12-8-11(21)9-14(20)15(12)24-17(27)10(2)26(22)16-13(19)6-5-7-23-16/h5-9H,2,4,22H2,1,3H3,(H,24,27)/p-1. The maximum absolute atomic E-state index is 12.7. The zero-order chi connectivity index (χ0) is 21.0. The number of rotatable bonds is 6. The number of hydrogen-bond acceptors (Lipinski definition) is 6. The number of carbonyl (C=O) groups excluding carboxylic acids is 1. The molecule has 0 saturated heterocycles. The molecule has 0 aliphatic carbocycles. The number of aromatic nitrogens is 1. The van der Waals surface area contributed by atoms with Crippen molar-refractivity contribution in [1.82, 2.24) is 9.88 Å². The Hall–Kier alpha value is -1.88. The number of amides is 1. The van der Waals surface area contributed by atoms with Crippen LogP contribution in [0.2, 0.25) is 10.0 Å². The predicted octanol–water partition coefficient (Wildman–Crippen LogP) is 3.37. The van der Waals surface area contributed by atoms with Gasteiger partial charge in [0.25, 0.3) is 5.91 Å². The number of anilines is 1. The Morgan fingerprint density at radius 1 is 1.39 bits per heavy atom. The van der Waals surface area contributed by atoms with Crippen molar-refractivity contribution in [1.29, 1.82) is 0 Å². The number of nitrogens with two attached hydrogens (primary N) is 1. The van der Waals surface area contributed by atoms with E-state index in [1.165, 1.54) is 11.1 Å². The van der Waals surface area contributed by atoms with Crippen LogP contribution in [0.1, 0.15) is 17.3 Å². The molecule has 0 bridgehead atoms. The van der Waals surface area contributed by atoms with Gasteiger partial charge in [-0.2, -0.15) is 0 Å². The van der Waals surface area contributed by atoms with Gasteiger partial charge in [0.1, 0.15) is 0 Å². The molecule has 7 nitrogen and oxygen atoms in total. The van der Waals surface area contributed by atoms with E-state index >= 15 is 0 Å². The summed E-state index contributed by atoms with van der Waals surface area (Å²) >= 11 is 14.4. The van der Waals surface area contributed by atoms with Gasteiger partial charge in [0.15, 0.2) is 5.82 Å². The Morgan fingerprint density at radius 2 is 2.07 bits per heavy atom. The summed E-state index contributed by atoms with van der Waals surface area (Å²) in [5, 5.41) is 14.0. The Kier molecular flexibility index (Phi) is 7.64. The molecule has 148 valence electrons. The third-order valence-corrected chi connectivity index (χ3v) is 5.00. The summed E-state index contributed by atoms with van der Waals surface area (Å²) in [4.78, 5) is 22.2. The normalized spacial score (nSPS) is 11.3. The smallest absolute Gasteiger partial charge is 0.255 e. The molecule has 0 saturated carbocycles. The van der Waals surface area contributed by atoms with Gasteiger partial charge in [0.05, 0.1) is 27.0 Å². The summed E-state index contributed by atoms with van der Waals surface area (Å²) in [6.07, 6.45) is 1.48. The SMILES string of the molecule is C=C(C([O-])=Nc1c(Cl)cc(I)cc1C(=O)N(C)CC)N(N)c1ncccc1Cl. The first-order chi connectivity index (χ1) is 13.2. The first kappa shape index (κ1) is 22.4. The van der Waals surface area contributed by atoms with E-state index in [0.717, 1.165) is 8.58 Å². The highest BCUT2D eigenvalue weighted by Gasteiger charge is 2.19. The molecule has 0 spiro atoms. The molecular weight excluding hydrogens is 516 g/mol. The van der Waals surface area contributed by atoms with Gasteiger partial charge in [0, 0.05) is 29.3 Å². The molecule has 10 heteroatoms. The molecule has 0 aliphatic rings. The van der Waals surface area contributed by atoms with E-state index < -0.39 is 5.90 Å². The lowest BCUT2D eigenvalue weighted by Crippen LogP contribution is -2.38. The minimum absolute atomic E-state index is 0.0547. The van der Waals surface area contributed by atoms with Crippen LogP contribution < -0.4 is 16.0 Å². The average molecular weight is 533 g/mol. The first-order valence-corrected chi connectivity index (χ1v) is 9.85. The molecule has 1 aromatic carbocycles. The summed E-state index contributed by atoms with van der Waals surface area (Å²) in [6.45, 7) is 5.98. The number of aliphatic imine (C=N–C) groups is 1. The van der Waals surface area contributed by atoms with Crippen LogP contribution in [0.25, 0.3) is 0 Å². The summed E-state index contributed by atoms with van der Waals surface area (Å²) in [7, 11) is 1.64. The van der Waals surface area contributed by atoms with Crippen molar-refractivity contribution in [2.24, 2.45) is 10.8 Å². The maximum Gasteiger partial charge on any atom is 0.255 e. The Labute approximate surface area is 186 Å². The van der Waals surface area contributed by atoms with E-state index in [9.17, 15) is 9.90 Å². The fraction of sp³-hybridized carbons (Fsp3) is 0.167. The molecule has 0 fully saturated rings. The van der Waals surface area contributed by atoms with Crippen molar-refractivity contribution in [2.45, 2.75) is 6.92 Å². The second-order valence-electron chi connectivity index (χ2n) is 5.65. The lowest BCUT2D eigenvalue weighted by atomic mass is 10.1. The second-order valence-corrected chi connectivity index (χ2v) is 7.71. The number of benzene rings is 1. The quantitative estimate of drug-likeness (QED) is 0.202. The highest BCUT2D eigenvalue weighted by atomic mass is 127. The molecular formula is C18H17Cl2IN5O2-. The predicted molar refractivity (Wildman–Crippen MR) is 119 cm³/mol. The molecule has 2 N–H and O–H groups in total. The van der Waals surface area contributed by atoms with Gasteiger partial charge in [0.2, 0.25) is 0 Å². The van der Waals surface area contributed by atoms with Crippen LogP contribution in [0.5, 0.6) is 0 Å². The van der Waals surface area contributed by atoms with Gasteiger partial charge in [-0.1, -0.05) is 29.8 Å². The summed E-state index contributed by atoms with van der Waals surface area (Å²) in [6, 6.07) is 6.43. The molecule has 1 aromatic heterocycles. The largest absolute Gasteiger partial charge is 0.857 e. The van der Waals surface area contributed by atoms with Crippen molar-refractivity contribution < 1.29 is 9.90 Å². The Balaban J connectivity index is 2.47. The number of halogens is 3. The van der Waals surface area contributed by atoms with Gasteiger partial charge < -0.3 is 10.0 Å². The lowest BCUT2D eigenvalue weighted by Gasteiger charge is -2.25. The van der Waals surface area contributed by atoms with Crippen LogP contribution in [0, 0.1) is 3.57 Å². The summed E-state index contributed by atoms with van der Waals surface area (Å²) in [5.74, 6) is 4.98. The van der Waals surface area contributed by atoms with E-state index in [1.807, 2.05) is 29.5 Å². The number of hydrazine groups is 1. The van der Waals surface area contributed by atoms with E-state index in [1.54, 1.807) is 31.3 Å². The van der Waals surface area contributed by atoms with Crippen molar-refractivity contribution in [3.05, 3.63) is 61.9 Å². The lowest BCUT2D eigenvalue weighted by molar-refractivity contribution is -0.213. The van der Waals surface area contributed by atoms with Crippen LogP contribution >= 0.6 is 45.8 Å². The topological polar surface area (TPSA) is 97.9 Å². The van der Waals surface area contributed by atoms with E-state index in [2.05, 4.69) is 16.6 Å². The highest BCUT2D eigenvalue weighted by molar-refractivity contribution is 14.1. The van der Waals surface area contributed by atoms with E-state index in [4.69, 9.17) is 29.0 Å². The molecule has 1 amide bonds. The van der Waals surface area contributed by atoms with Crippen LogP contribution in [0.3, 0.4) is 0 Å². The van der Waals surface area contributed by atoms with Gasteiger partial charge in [-0.25, -0.2) is 10.8 Å². The van der Waals surface area contributed by atoms with Crippen LogP contribution in [-0.4, -0.2) is 35.3 Å². The van der Waals surface area contributed by atoms with Crippen molar-refractivity contribution >= 4 is 69.1 Å². The molecule has 0 radical (unpaired) electrons. The molecule has 0 unspecified atom stereocenters. The first-order valence-electron chi connectivity index (χ1n) is 8.02. The molecule has 0 atom stereocenters. The molecule has 28 heavy (non-hydrogen) atoms. The minimum Gasteiger partial charge on any atom is -0.857 e. The molecule has 1 heterocycles. The van der Waals surface area contributed by atoms with Crippen molar-refractivity contribution in [3.8, 4) is 0 Å².